The summed E-state index contributed by atoms with van der Waals surface area (Å²) in [5.74, 6) is 0.891. The van der Waals surface area contributed by atoms with Crippen LogP contribution >= 0.6 is 0 Å². The summed E-state index contributed by atoms with van der Waals surface area (Å²) in [5.41, 5.74) is 5.93. The Morgan fingerprint density at radius 3 is 2.88 bits per heavy atom. The van der Waals surface area contributed by atoms with E-state index >= 15 is 0 Å². The van der Waals surface area contributed by atoms with E-state index in [1.165, 1.54) is 67.0 Å². The molecule has 0 unspecified atom stereocenters. The molecular formula is C22H28N2. The molecule has 1 N–H and O–H groups in total. The molecule has 0 saturated heterocycles. The summed E-state index contributed by atoms with van der Waals surface area (Å²) < 4.78 is 2.38. The van der Waals surface area contributed by atoms with Gasteiger partial charge >= 0.3 is 0 Å². The fourth-order valence-electron chi connectivity index (χ4n) is 4.70. The Labute approximate surface area is 145 Å². The lowest BCUT2D eigenvalue weighted by molar-refractivity contribution is 0.506. The van der Waals surface area contributed by atoms with Crippen molar-refractivity contribution in [2.45, 2.75) is 64.8 Å². The number of nitrogens with one attached hydrogen (secondary N) is 1. The molecule has 4 rings (SSSR count). The molecule has 2 nitrogen and oxygen atoms in total. The Balaban J connectivity index is 1.61. The highest BCUT2D eigenvalue weighted by Crippen LogP contribution is 2.33. The van der Waals surface area contributed by atoms with Gasteiger partial charge in [-0.2, -0.15) is 0 Å². The van der Waals surface area contributed by atoms with Crippen molar-refractivity contribution in [2.24, 2.45) is 5.92 Å². The van der Waals surface area contributed by atoms with Gasteiger partial charge in [-0.3, -0.25) is 5.41 Å². The van der Waals surface area contributed by atoms with E-state index in [4.69, 9.17) is 5.41 Å². The summed E-state index contributed by atoms with van der Waals surface area (Å²) in [5, 5.41) is 10.1. The van der Waals surface area contributed by atoms with Crippen LogP contribution in [0.4, 0.5) is 0 Å². The van der Waals surface area contributed by atoms with E-state index in [0.29, 0.717) is 0 Å². The van der Waals surface area contributed by atoms with Gasteiger partial charge in [0, 0.05) is 23.7 Å². The molecule has 2 heteroatoms. The number of aryl methyl sites for hydroxylation is 2. The maximum Gasteiger partial charge on any atom is 0.0662 e. The van der Waals surface area contributed by atoms with Gasteiger partial charge in [-0.1, -0.05) is 50.0 Å². The van der Waals surface area contributed by atoms with E-state index in [-0.39, 0.29) is 0 Å². The molecular weight excluding hydrogens is 292 g/mol. The Kier molecular flexibility index (Phi) is 4.30. The lowest BCUT2D eigenvalue weighted by Crippen LogP contribution is -2.06. The van der Waals surface area contributed by atoms with Gasteiger partial charge in [0.25, 0.3) is 0 Å². The first-order chi connectivity index (χ1) is 11.8. The summed E-state index contributed by atoms with van der Waals surface area (Å²) in [6, 6.07) is 6.62. The fourth-order valence-corrected chi connectivity index (χ4v) is 4.70. The minimum Gasteiger partial charge on any atom is -0.347 e. The van der Waals surface area contributed by atoms with Crippen molar-refractivity contribution < 1.29 is 0 Å². The van der Waals surface area contributed by atoms with Crippen LogP contribution in [0, 0.1) is 11.3 Å². The van der Waals surface area contributed by atoms with E-state index in [9.17, 15) is 0 Å². The highest BCUT2D eigenvalue weighted by Gasteiger charge is 2.21. The molecule has 24 heavy (non-hydrogen) atoms. The lowest BCUT2D eigenvalue weighted by Gasteiger charge is -2.14. The third-order valence-corrected chi connectivity index (χ3v) is 6.06. The highest BCUT2D eigenvalue weighted by atomic mass is 15.0. The number of hydrogen-bond donors (Lipinski definition) is 1. The van der Waals surface area contributed by atoms with Gasteiger partial charge in [-0.25, -0.2) is 0 Å². The molecule has 1 aromatic carbocycles. The second-order valence-corrected chi connectivity index (χ2v) is 7.53. The van der Waals surface area contributed by atoms with Gasteiger partial charge in [0.15, 0.2) is 0 Å². The van der Waals surface area contributed by atoms with Crippen LogP contribution in [0.5, 0.6) is 0 Å². The zero-order chi connectivity index (χ0) is 16.5. The smallest absolute Gasteiger partial charge is 0.0662 e. The first-order valence-electron chi connectivity index (χ1n) is 9.63. The third kappa shape index (κ3) is 2.72. The number of para-hydroxylation sites is 1. The summed E-state index contributed by atoms with van der Waals surface area (Å²) in [6.45, 7) is 3.19. The number of aromatic nitrogens is 1. The number of allylic oxidation sites excluding steroid dienone is 2. The molecule has 0 atom stereocenters. The van der Waals surface area contributed by atoms with Crippen LogP contribution in [0.25, 0.3) is 10.9 Å². The van der Waals surface area contributed by atoms with Crippen LogP contribution in [0.3, 0.4) is 0 Å². The minimum atomic E-state index is 0.748. The Hall–Kier alpha value is -1.83. The summed E-state index contributed by atoms with van der Waals surface area (Å²) in [7, 11) is 0. The molecule has 1 aliphatic heterocycles. The SMILES string of the molecule is C/C=C(/CCC1CCCC1)C(=N)c1cn2c3c(cccc13)CCC2. The van der Waals surface area contributed by atoms with Gasteiger partial charge in [-0.15, -0.1) is 0 Å². The first-order valence-corrected chi connectivity index (χ1v) is 9.63. The second kappa shape index (κ2) is 6.58. The minimum absolute atomic E-state index is 0.748. The van der Waals surface area contributed by atoms with Crippen molar-refractivity contribution in [3.05, 3.63) is 47.2 Å². The highest BCUT2D eigenvalue weighted by molar-refractivity contribution is 6.18. The zero-order valence-corrected chi connectivity index (χ0v) is 14.8. The molecule has 0 bridgehead atoms. The molecule has 2 aromatic rings. The van der Waals surface area contributed by atoms with E-state index in [1.807, 2.05) is 0 Å². The molecule has 126 valence electrons. The maximum atomic E-state index is 8.84. The molecule has 1 saturated carbocycles. The molecule has 2 heterocycles. The van der Waals surface area contributed by atoms with Crippen molar-refractivity contribution in [1.82, 2.24) is 4.57 Å². The number of nitrogens with zero attached hydrogens (tertiary/aromatic N) is 1. The average Bonchev–Trinajstić information content (AvgIpc) is 3.25. The fraction of sp³-hybridized carbons (Fsp3) is 0.500. The van der Waals surface area contributed by atoms with Crippen LogP contribution in [-0.4, -0.2) is 10.3 Å². The van der Waals surface area contributed by atoms with E-state index in [2.05, 4.69) is 42.0 Å². The zero-order valence-electron chi connectivity index (χ0n) is 14.8. The van der Waals surface area contributed by atoms with Crippen LogP contribution < -0.4 is 0 Å². The summed E-state index contributed by atoms with van der Waals surface area (Å²) in [4.78, 5) is 0. The van der Waals surface area contributed by atoms with Gasteiger partial charge in [0.05, 0.1) is 11.2 Å². The average molecular weight is 320 g/mol. The predicted molar refractivity (Wildman–Crippen MR) is 102 cm³/mol. The number of rotatable bonds is 5. The number of hydrogen-bond acceptors (Lipinski definition) is 1. The monoisotopic (exact) mass is 320 g/mol. The van der Waals surface area contributed by atoms with Crippen LogP contribution in [0.15, 0.2) is 36.0 Å². The predicted octanol–water partition coefficient (Wildman–Crippen LogP) is 5.87. The van der Waals surface area contributed by atoms with Crippen LogP contribution in [0.1, 0.15) is 63.0 Å². The summed E-state index contributed by atoms with van der Waals surface area (Å²) >= 11 is 0. The van der Waals surface area contributed by atoms with Crippen molar-refractivity contribution in [3.63, 3.8) is 0 Å². The molecule has 2 aliphatic rings. The maximum absolute atomic E-state index is 8.84. The Morgan fingerprint density at radius 2 is 2.08 bits per heavy atom. The van der Waals surface area contributed by atoms with E-state index in [1.54, 1.807) is 0 Å². The van der Waals surface area contributed by atoms with Gasteiger partial charge in [0.1, 0.15) is 0 Å². The van der Waals surface area contributed by atoms with Crippen molar-refractivity contribution in [2.75, 3.05) is 0 Å². The van der Waals surface area contributed by atoms with Gasteiger partial charge in [0.2, 0.25) is 0 Å². The van der Waals surface area contributed by atoms with Crippen LogP contribution in [0.2, 0.25) is 0 Å². The van der Waals surface area contributed by atoms with Crippen molar-refractivity contribution in [1.29, 1.82) is 5.41 Å². The van der Waals surface area contributed by atoms with Crippen LogP contribution in [-0.2, 0) is 13.0 Å². The van der Waals surface area contributed by atoms with Gasteiger partial charge < -0.3 is 4.57 Å². The van der Waals surface area contributed by atoms with Gasteiger partial charge in [-0.05, 0) is 49.7 Å². The normalized spacial score (nSPS) is 18.5. The molecule has 0 radical (unpaired) electrons. The standard InChI is InChI=1S/C22H28N2/c1-2-17(13-12-16-7-3-4-8-16)21(23)20-15-24-14-6-10-18-9-5-11-19(20)22(18)24/h2,5,9,11,15-16,23H,3-4,6-8,10,12-14H2,1H3/b17-2-,23-21?. The first kappa shape index (κ1) is 15.7. The molecule has 0 amide bonds. The van der Waals surface area contributed by atoms with E-state index < -0.39 is 0 Å². The largest absolute Gasteiger partial charge is 0.347 e. The van der Waals surface area contributed by atoms with E-state index in [0.717, 1.165) is 30.2 Å². The molecule has 1 aromatic heterocycles. The molecule has 1 fully saturated rings. The lowest BCUT2D eigenvalue weighted by atomic mass is 9.92. The number of benzene rings is 1. The van der Waals surface area contributed by atoms with Crippen molar-refractivity contribution >= 4 is 16.6 Å². The molecule has 0 spiro atoms. The topological polar surface area (TPSA) is 28.8 Å². The van der Waals surface area contributed by atoms with Crippen molar-refractivity contribution in [3.8, 4) is 0 Å². The summed E-state index contributed by atoms with van der Waals surface area (Å²) in [6.07, 6.45) is 14.7. The second-order valence-electron chi connectivity index (χ2n) is 7.53. The molecule has 1 aliphatic carbocycles. The quantitative estimate of drug-likeness (QED) is 0.667. The Morgan fingerprint density at radius 1 is 1.25 bits per heavy atom. The Bertz CT molecular complexity index is 788. The third-order valence-electron chi connectivity index (χ3n) is 6.06.